The Hall–Kier alpha value is -6.88. The molecule has 3 aromatic heterocycles. The lowest BCUT2D eigenvalue weighted by atomic mass is 10.0. The van der Waals surface area contributed by atoms with E-state index in [1.165, 1.54) is 19.1 Å². The molecule has 8 rings (SSSR count). The first kappa shape index (κ1) is 49.5. The number of hydrogen-bond donors (Lipinski definition) is 4. The van der Waals surface area contributed by atoms with Gasteiger partial charge in [-0.05, 0) is 69.4 Å². The molecule has 4 aromatic rings. The predicted molar refractivity (Wildman–Crippen MR) is 254 cm³/mol. The lowest BCUT2D eigenvalue weighted by molar-refractivity contribution is -0.128. The Morgan fingerprint density at radius 2 is 1.59 bits per heavy atom. The van der Waals surface area contributed by atoms with E-state index in [1.54, 1.807) is 30.0 Å². The van der Waals surface area contributed by atoms with Gasteiger partial charge in [0.25, 0.3) is 23.3 Å². The molecule has 2 saturated heterocycles. The van der Waals surface area contributed by atoms with Crippen molar-refractivity contribution in [1.82, 2.24) is 45.3 Å². The van der Waals surface area contributed by atoms with E-state index in [4.69, 9.17) is 23.9 Å². The number of Topliss-reactive ketones (excluding diaryl/α,β-unsaturated/α-hetero) is 1. The smallest absolute Gasteiger partial charge is 0.266 e. The van der Waals surface area contributed by atoms with E-state index in [-0.39, 0.29) is 85.2 Å². The number of pyridine rings is 2. The van der Waals surface area contributed by atoms with Gasteiger partial charge in [0.2, 0.25) is 17.8 Å². The number of amides is 5. The van der Waals surface area contributed by atoms with Gasteiger partial charge in [0.1, 0.15) is 30.0 Å². The molecule has 22 nitrogen and oxygen atoms in total. The van der Waals surface area contributed by atoms with Crippen molar-refractivity contribution in [1.29, 1.82) is 0 Å². The van der Waals surface area contributed by atoms with Crippen LogP contribution in [-0.2, 0) is 28.6 Å². The lowest BCUT2D eigenvalue weighted by Gasteiger charge is -2.35. The minimum atomic E-state index is -0.976. The number of fused-ring (bicyclic) bond motifs is 2. The van der Waals surface area contributed by atoms with Crippen molar-refractivity contribution in [2.24, 2.45) is 0 Å². The third-order valence-corrected chi connectivity index (χ3v) is 12.8. The second-order valence-electron chi connectivity index (χ2n) is 17.5. The van der Waals surface area contributed by atoms with Crippen LogP contribution in [0.3, 0.4) is 0 Å². The Balaban J connectivity index is 0.676. The van der Waals surface area contributed by atoms with Crippen LogP contribution in [0.5, 0.6) is 5.75 Å². The van der Waals surface area contributed by atoms with Crippen LogP contribution in [0.1, 0.15) is 88.1 Å². The summed E-state index contributed by atoms with van der Waals surface area (Å²) in [6.07, 6.45) is 7.97. The van der Waals surface area contributed by atoms with E-state index in [0.717, 1.165) is 49.4 Å². The number of imide groups is 1. The average molecular weight is 966 g/mol. The number of piperazine rings is 1. The quantitative estimate of drug-likeness (QED) is 0.0560. The first-order valence-corrected chi connectivity index (χ1v) is 23.8. The zero-order chi connectivity index (χ0) is 49.1. The number of aryl methyl sites for hydroxylation is 1. The molecule has 3 fully saturated rings. The largest absolute Gasteiger partial charge is 0.483 e. The minimum Gasteiger partial charge on any atom is -0.483 e. The molecule has 1 unspecified atom stereocenters. The summed E-state index contributed by atoms with van der Waals surface area (Å²) < 4.78 is 23.7. The normalized spacial score (nSPS) is 17.8. The second kappa shape index (κ2) is 23.2. The maximum atomic E-state index is 13.6. The topological polar surface area (TPSA) is 258 Å². The van der Waals surface area contributed by atoms with Crippen molar-refractivity contribution in [3.63, 3.8) is 0 Å². The maximum Gasteiger partial charge on any atom is 0.266 e. The molecule has 4 aliphatic rings. The molecule has 4 N–H and O–H groups in total. The van der Waals surface area contributed by atoms with Crippen LogP contribution < -0.4 is 36.5 Å². The van der Waals surface area contributed by atoms with Gasteiger partial charge in [-0.25, -0.2) is 9.97 Å². The highest BCUT2D eigenvalue weighted by molar-refractivity contribution is 6.24. The first-order valence-electron chi connectivity index (χ1n) is 23.8. The molecule has 3 aliphatic heterocycles. The zero-order valence-electron chi connectivity index (χ0n) is 39.5. The highest BCUT2D eigenvalue weighted by atomic mass is 16.5. The number of aromatic nitrogens is 4. The Kier molecular flexibility index (Phi) is 16.4. The van der Waals surface area contributed by atoms with Gasteiger partial charge in [0.15, 0.2) is 12.4 Å². The van der Waals surface area contributed by atoms with Crippen molar-refractivity contribution < 1.29 is 47.7 Å². The molecule has 1 saturated carbocycles. The van der Waals surface area contributed by atoms with Gasteiger partial charge in [-0.3, -0.25) is 47.9 Å². The van der Waals surface area contributed by atoms with Gasteiger partial charge >= 0.3 is 0 Å². The molecule has 70 heavy (non-hydrogen) atoms. The summed E-state index contributed by atoms with van der Waals surface area (Å²) in [6.45, 7) is 7.93. The van der Waals surface area contributed by atoms with Gasteiger partial charge in [0, 0.05) is 63.5 Å². The number of ketones is 1. The van der Waals surface area contributed by atoms with E-state index in [0.29, 0.717) is 74.2 Å². The fraction of sp³-hybridized carbons (Fsp3) is 0.500. The van der Waals surface area contributed by atoms with Gasteiger partial charge in [-0.1, -0.05) is 18.9 Å². The van der Waals surface area contributed by atoms with Gasteiger partial charge in [0.05, 0.1) is 61.5 Å². The number of benzene rings is 1. The van der Waals surface area contributed by atoms with Crippen molar-refractivity contribution >= 4 is 63.8 Å². The van der Waals surface area contributed by atoms with Crippen LogP contribution in [0.4, 0.5) is 17.5 Å². The van der Waals surface area contributed by atoms with Crippen molar-refractivity contribution in [2.75, 3.05) is 102 Å². The Labute approximate surface area is 403 Å². The van der Waals surface area contributed by atoms with Crippen LogP contribution in [0.25, 0.3) is 11.0 Å². The summed E-state index contributed by atoms with van der Waals surface area (Å²) in [4.78, 5) is 110. The van der Waals surface area contributed by atoms with E-state index in [9.17, 15) is 33.6 Å². The molecular formula is C48H59N11O11. The van der Waals surface area contributed by atoms with Crippen molar-refractivity contribution in [2.45, 2.75) is 64.5 Å². The first-order chi connectivity index (χ1) is 34.0. The molecule has 1 aromatic carbocycles. The van der Waals surface area contributed by atoms with Crippen LogP contribution >= 0.6 is 0 Å². The number of hydrogen-bond acceptors (Lipinski definition) is 17. The number of nitrogens with one attached hydrogen (secondary N) is 4. The fourth-order valence-electron chi connectivity index (χ4n) is 9.28. The van der Waals surface area contributed by atoms with Gasteiger partial charge < -0.3 is 45.1 Å². The molecule has 22 heteroatoms. The molecule has 0 spiro atoms. The Morgan fingerprint density at radius 1 is 0.843 bits per heavy atom. The highest BCUT2D eigenvalue weighted by Gasteiger charge is 2.44. The summed E-state index contributed by atoms with van der Waals surface area (Å²) in [5.41, 5.74) is 2.08. The third-order valence-electron chi connectivity index (χ3n) is 12.8. The van der Waals surface area contributed by atoms with Gasteiger partial charge in [-0.15, -0.1) is 0 Å². The zero-order valence-corrected chi connectivity index (χ0v) is 39.5. The molecule has 6 heterocycles. The molecule has 372 valence electrons. The number of carbonyl (C=O) groups excluding carboxylic acids is 6. The summed E-state index contributed by atoms with van der Waals surface area (Å²) in [5, 5.41) is 12.0. The van der Waals surface area contributed by atoms with Gasteiger partial charge in [-0.2, -0.15) is 4.98 Å². The minimum absolute atomic E-state index is 0.00283. The second-order valence-corrected chi connectivity index (χ2v) is 17.5. The number of anilines is 3. The lowest BCUT2D eigenvalue weighted by Crippen LogP contribution is -2.51. The van der Waals surface area contributed by atoms with Crippen LogP contribution in [0.2, 0.25) is 0 Å². The molecular weight excluding hydrogens is 907 g/mol. The summed E-state index contributed by atoms with van der Waals surface area (Å²) in [5.74, 6) is -1.60. The van der Waals surface area contributed by atoms with Crippen LogP contribution in [-0.4, -0.2) is 163 Å². The highest BCUT2D eigenvalue weighted by Crippen LogP contribution is 2.34. The SMILES string of the molecule is CC(=O)c1c(C)c2cnc(Nc3ccc(N4CCN(CC(=O)NCCOCCOCCNC(=O)COc5cccc6c5C(=O)N(C5CCCOCNC5=O)C6=O)CC4)cn3)nc2n(C2CCCC2)c1=O. The monoisotopic (exact) mass is 965 g/mol. The van der Waals surface area contributed by atoms with E-state index in [2.05, 4.69) is 41.0 Å². The van der Waals surface area contributed by atoms with Crippen molar-refractivity contribution in [3.8, 4) is 5.75 Å². The Bertz CT molecular complexity index is 2650. The van der Waals surface area contributed by atoms with Crippen LogP contribution in [0, 0.1) is 6.92 Å². The maximum absolute atomic E-state index is 13.6. The standard InChI is InChI=1S/C48H59N11O11/c1-30-35-26-52-48(55-43(35)58(32-7-3-4-8-32)46(65)41(30)31(2)60)54-38-13-12-33(25-51-38)57-18-16-56(17-19-57)27-39(61)49-14-21-67-23-24-68-22-15-50-40(62)28-70-37-11-5-9-34-42(37)47(66)59(45(34)64)36-10-6-20-69-29-53-44(36)63/h5,9,11-13,25-26,32,36H,3-4,6-8,10,14-24,27-29H2,1-2H3,(H,49,61)(H,50,62)(H,53,63)(H,51,52,54,55). The summed E-state index contributed by atoms with van der Waals surface area (Å²) in [6, 6.07) is 7.38. The number of carbonyl (C=O) groups is 6. The summed E-state index contributed by atoms with van der Waals surface area (Å²) >= 11 is 0. The van der Waals surface area contributed by atoms with E-state index in [1.807, 2.05) is 12.1 Å². The molecule has 1 atom stereocenters. The number of nitrogens with zero attached hydrogens (tertiary/aromatic N) is 7. The fourth-order valence-corrected chi connectivity index (χ4v) is 9.28. The molecule has 1 aliphatic carbocycles. The van der Waals surface area contributed by atoms with E-state index < -0.39 is 36.3 Å². The predicted octanol–water partition coefficient (Wildman–Crippen LogP) is 1.87. The van der Waals surface area contributed by atoms with Crippen LogP contribution in [0.15, 0.2) is 47.5 Å². The average Bonchev–Trinajstić information content (AvgIpc) is 3.96. The molecule has 0 bridgehead atoms. The van der Waals surface area contributed by atoms with Crippen molar-refractivity contribution in [3.05, 3.63) is 75.3 Å². The Morgan fingerprint density at radius 3 is 2.30 bits per heavy atom. The molecule has 5 amide bonds. The summed E-state index contributed by atoms with van der Waals surface area (Å²) in [7, 11) is 0. The number of ether oxygens (including phenoxy) is 4. The number of rotatable bonds is 20. The van der Waals surface area contributed by atoms with E-state index >= 15 is 0 Å². The third kappa shape index (κ3) is 11.6. The molecule has 0 radical (unpaired) electrons.